The van der Waals surface area contributed by atoms with Crippen LogP contribution < -0.4 is 10.6 Å². The predicted molar refractivity (Wildman–Crippen MR) is 199 cm³/mol. The number of hydrogen-bond acceptors (Lipinski definition) is 7. The Morgan fingerprint density at radius 2 is 1.60 bits per heavy atom. The highest BCUT2D eigenvalue weighted by Crippen LogP contribution is 2.42. The van der Waals surface area contributed by atoms with Crippen molar-refractivity contribution in [3.63, 3.8) is 0 Å². The van der Waals surface area contributed by atoms with Crippen LogP contribution in [0.3, 0.4) is 0 Å². The van der Waals surface area contributed by atoms with Crippen LogP contribution in [0.4, 0.5) is 10.6 Å². The molecule has 1 fully saturated rings. The van der Waals surface area contributed by atoms with Gasteiger partial charge in [-0.2, -0.15) is 0 Å². The molecule has 50 heavy (non-hydrogen) atoms. The largest absolute Gasteiger partial charge is 0.458 e. The summed E-state index contributed by atoms with van der Waals surface area (Å²) in [5.74, 6) is 1.75. The molecule has 8 heteroatoms. The van der Waals surface area contributed by atoms with Gasteiger partial charge in [0.15, 0.2) is 0 Å². The molecule has 6 rings (SSSR count). The van der Waals surface area contributed by atoms with Crippen LogP contribution in [0.15, 0.2) is 60.7 Å². The highest BCUT2D eigenvalue weighted by molar-refractivity contribution is 5.86. The van der Waals surface area contributed by atoms with Crippen molar-refractivity contribution < 1.29 is 19.1 Å². The summed E-state index contributed by atoms with van der Waals surface area (Å²) in [5, 5.41) is 8.36. The molecule has 0 saturated heterocycles. The molecule has 2 aliphatic carbocycles. The highest BCUT2D eigenvalue weighted by Gasteiger charge is 2.30. The number of anilines is 1. The molecule has 4 aromatic rings. The fourth-order valence-electron chi connectivity index (χ4n) is 7.64. The molecule has 0 spiro atoms. The Bertz CT molecular complexity index is 1820. The van der Waals surface area contributed by atoms with Gasteiger partial charge in [-0.3, -0.25) is 0 Å². The van der Waals surface area contributed by atoms with Crippen molar-refractivity contribution in [3.05, 3.63) is 100.0 Å². The second-order valence-electron chi connectivity index (χ2n) is 15.0. The number of carbonyl (C=O) groups is 2. The zero-order valence-electron chi connectivity index (χ0n) is 30.3. The van der Waals surface area contributed by atoms with Gasteiger partial charge in [0, 0.05) is 24.4 Å². The number of rotatable bonds is 10. The molecule has 1 amide bonds. The number of alkyl carbamates (subject to hydrolysis) is 1. The Morgan fingerprint density at radius 1 is 0.880 bits per heavy atom. The van der Waals surface area contributed by atoms with Crippen LogP contribution in [0.2, 0.25) is 0 Å². The maximum absolute atomic E-state index is 13.3. The Hall–Kier alpha value is -4.46. The molecule has 1 atom stereocenters. The summed E-state index contributed by atoms with van der Waals surface area (Å²) in [5.41, 5.74) is 7.02. The lowest BCUT2D eigenvalue weighted by atomic mass is 9.76. The van der Waals surface area contributed by atoms with Gasteiger partial charge < -0.3 is 20.1 Å². The number of nitrogens with one attached hydrogen (secondary N) is 2. The molecular weight excluding hydrogens is 624 g/mol. The number of hydrogen-bond donors (Lipinski definition) is 2. The summed E-state index contributed by atoms with van der Waals surface area (Å²) in [6.07, 6.45) is 9.36. The average Bonchev–Trinajstić information content (AvgIpc) is 3.10. The van der Waals surface area contributed by atoms with E-state index in [1.54, 1.807) is 11.1 Å². The maximum Gasteiger partial charge on any atom is 0.407 e. The number of carbonyl (C=O) groups excluding carboxylic acids is 2. The molecule has 264 valence electrons. The second kappa shape index (κ2) is 15.6. The minimum Gasteiger partial charge on any atom is -0.458 e. The highest BCUT2D eigenvalue weighted by atomic mass is 16.6. The van der Waals surface area contributed by atoms with E-state index in [0.717, 1.165) is 53.3 Å². The van der Waals surface area contributed by atoms with E-state index < -0.39 is 23.7 Å². The lowest BCUT2D eigenvalue weighted by molar-refractivity contribution is -0.156. The van der Waals surface area contributed by atoms with E-state index in [2.05, 4.69) is 47.0 Å². The van der Waals surface area contributed by atoms with Crippen molar-refractivity contribution >= 4 is 28.7 Å². The minimum atomic E-state index is -0.982. The second-order valence-corrected chi connectivity index (χ2v) is 15.0. The Labute approximate surface area is 296 Å². The lowest BCUT2D eigenvalue weighted by Crippen LogP contribution is -2.48. The summed E-state index contributed by atoms with van der Waals surface area (Å²) in [6.45, 7) is 9.65. The van der Waals surface area contributed by atoms with Crippen molar-refractivity contribution in [2.75, 3.05) is 18.5 Å². The van der Waals surface area contributed by atoms with E-state index in [9.17, 15) is 9.59 Å². The first-order chi connectivity index (χ1) is 24.0. The molecule has 0 radical (unpaired) electrons. The lowest BCUT2D eigenvalue weighted by Gasteiger charge is -2.30. The molecule has 0 aliphatic heterocycles. The topological polar surface area (TPSA) is 102 Å². The summed E-state index contributed by atoms with van der Waals surface area (Å²) < 4.78 is 11.2. The molecule has 3 aromatic carbocycles. The van der Waals surface area contributed by atoms with E-state index in [4.69, 9.17) is 19.4 Å². The number of amides is 1. The summed E-state index contributed by atoms with van der Waals surface area (Å²) in [6, 6.07) is 20.5. The smallest absolute Gasteiger partial charge is 0.407 e. The molecular formula is C42H52N4O4. The van der Waals surface area contributed by atoms with E-state index in [-0.39, 0.29) is 13.2 Å². The summed E-state index contributed by atoms with van der Waals surface area (Å²) >= 11 is 0. The van der Waals surface area contributed by atoms with Crippen LogP contribution in [0, 0.1) is 13.8 Å². The number of esters is 1. The third-order valence-electron chi connectivity index (χ3n) is 10.2. The van der Waals surface area contributed by atoms with Crippen molar-refractivity contribution in [2.24, 2.45) is 0 Å². The van der Waals surface area contributed by atoms with Crippen LogP contribution >= 0.6 is 0 Å². The van der Waals surface area contributed by atoms with Crippen LogP contribution in [0.5, 0.6) is 0 Å². The standard InChI is InChI=1S/C42H52N4O4/c1-27-38(33-20-17-30(18-21-33)35-22-19-29-11-6-7-13-34(29)25-35)44-28(2)45-39(27)43-26-37(40(47)50-42(3,4)5)46-41(48)49-24-23-32-15-10-14-31-12-8-9-16-36(31)32/h8-10,12,14-16,19,22,25,30,33,37H,6-7,11,13,17-18,20-21,23-24,26H2,1-5H3,(H,46,48)(H,43,44,45)/t30?,33?,37-/m0/s1. The summed E-state index contributed by atoms with van der Waals surface area (Å²) in [4.78, 5) is 35.9. The molecule has 0 bridgehead atoms. The van der Waals surface area contributed by atoms with Crippen LogP contribution in [-0.2, 0) is 33.5 Å². The first-order valence-corrected chi connectivity index (χ1v) is 18.4. The molecule has 1 saturated carbocycles. The molecule has 8 nitrogen and oxygen atoms in total. The van der Waals surface area contributed by atoms with Gasteiger partial charge in [0.2, 0.25) is 0 Å². The average molecular weight is 677 g/mol. The van der Waals surface area contributed by atoms with Gasteiger partial charge in [0.1, 0.15) is 23.3 Å². The Morgan fingerprint density at radius 3 is 2.38 bits per heavy atom. The van der Waals surface area contributed by atoms with Gasteiger partial charge in [0.25, 0.3) is 0 Å². The number of benzene rings is 3. The van der Waals surface area contributed by atoms with Crippen LogP contribution in [-0.4, -0.2) is 46.8 Å². The Kier molecular flexibility index (Phi) is 11.0. The number of aromatic nitrogens is 2. The predicted octanol–water partition coefficient (Wildman–Crippen LogP) is 8.66. The first kappa shape index (κ1) is 35.4. The van der Waals surface area contributed by atoms with Gasteiger partial charge in [-0.05, 0) is 125 Å². The zero-order chi connectivity index (χ0) is 35.3. The van der Waals surface area contributed by atoms with Gasteiger partial charge in [-0.25, -0.2) is 19.6 Å². The summed E-state index contributed by atoms with van der Waals surface area (Å²) in [7, 11) is 0. The first-order valence-electron chi connectivity index (χ1n) is 18.4. The number of fused-ring (bicyclic) bond motifs is 2. The van der Waals surface area contributed by atoms with E-state index >= 15 is 0 Å². The number of nitrogens with zero attached hydrogens (tertiary/aromatic N) is 2. The fraction of sp³-hybridized carbons (Fsp3) is 0.476. The molecule has 0 unspecified atom stereocenters. The van der Waals surface area contributed by atoms with Gasteiger partial charge in [-0.15, -0.1) is 0 Å². The van der Waals surface area contributed by atoms with Gasteiger partial charge in [-0.1, -0.05) is 60.7 Å². The monoisotopic (exact) mass is 676 g/mol. The molecule has 2 aliphatic rings. The molecule has 1 heterocycles. The molecule has 2 N–H and O–H groups in total. The van der Waals surface area contributed by atoms with Crippen molar-refractivity contribution in [3.8, 4) is 0 Å². The van der Waals surface area contributed by atoms with Crippen LogP contribution in [0.25, 0.3) is 10.8 Å². The SMILES string of the molecule is Cc1nc(NC[C@H](NC(=O)OCCc2cccc3ccccc23)C(=O)OC(C)(C)C)c(C)c(C2CCC(c3ccc4c(c3)CCCC4)CC2)n1. The van der Waals surface area contributed by atoms with Gasteiger partial charge in [0.05, 0.1) is 12.3 Å². The quantitative estimate of drug-likeness (QED) is 0.162. The van der Waals surface area contributed by atoms with E-state index in [0.29, 0.717) is 29.9 Å². The van der Waals surface area contributed by atoms with Crippen LogP contribution in [0.1, 0.15) is 110 Å². The fourth-order valence-corrected chi connectivity index (χ4v) is 7.64. The zero-order valence-corrected chi connectivity index (χ0v) is 30.3. The maximum atomic E-state index is 13.3. The van der Waals surface area contributed by atoms with E-state index in [1.807, 2.05) is 58.9 Å². The van der Waals surface area contributed by atoms with Crippen molar-refractivity contribution in [1.29, 1.82) is 0 Å². The normalized spacial score (nSPS) is 18.2. The Balaban J connectivity index is 1.08. The van der Waals surface area contributed by atoms with Gasteiger partial charge >= 0.3 is 12.1 Å². The number of ether oxygens (including phenoxy) is 2. The van der Waals surface area contributed by atoms with Crippen molar-refractivity contribution in [1.82, 2.24) is 15.3 Å². The van der Waals surface area contributed by atoms with E-state index in [1.165, 1.54) is 31.2 Å². The minimum absolute atomic E-state index is 0.0924. The molecule has 1 aromatic heterocycles. The third-order valence-corrected chi connectivity index (χ3v) is 10.2. The third kappa shape index (κ3) is 8.82. The van der Waals surface area contributed by atoms with Crippen molar-refractivity contribution in [2.45, 2.75) is 116 Å². The number of aryl methyl sites for hydroxylation is 3.